The predicted octanol–water partition coefficient (Wildman–Crippen LogP) is 2.77. The molecule has 25 heavy (non-hydrogen) atoms. The fourth-order valence-corrected chi connectivity index (χ4v) is 2.64. The molecule has 2 aromatic rings. The number of halogens is 1. The fraction of sp³-hybridized carbons (Fsp3) is 0.316. The molecule has 1 aliphatic heterocycles. The van der Waals surface area contributed by atoms with Crippen molar-refractivity contribution < 1.29 is 13.9 Å². The topological polar surface area (TPSA) is 54.9 Å². The van der Waals surface area contributed by atoms with E-state index in [2.05, 4.69) is 15.6 Å². The highest BCUT2D eigenvalue weighted by atomic mass is 19.1. The van der Waals surface area contributed by atoms with Crippen molar-refractivity contribution in [1.29, 1.82) is 0 Å². The van der Waals surface area contributed by atoms with Gasteiger partial charge in [0.15, 0.2) is 17.5 Å². The molecule has 0 unspecified atom stereocenters. The summed E-state index contributed by atoms with van der Waals surface area (Å²) in [5.41, 5.74) is 2.82. The normalized spacial score (nSPS) is 13.0. The number of nitrogens with one attached hydrogen (secondary N) is 2. The molecular formula is C19H22FN3O2. The van der Waals surface area contributed by atoms with E-state index >= 15 is 0 Å². The number of nitrogens with zero attached hydrogens (tertiary/aromatic N) is 1. The molecule has 3 rings (SSSR count). The summed E-state index contributed by atoms with van der Waals surface area (Å²) in [7, 11) is 1.73. The summed E-state index contributed by atoms with van der Waals surface area (Å²) >= 11 is 0. The zero-order valence-corrected chi connectivity index (χ0v) is 14.4. The highest BCUT2D eigenvalue weighted by Crippen LogP contribution is 2.32. The zero-order chi connectivity index (χ0) is 17.6. The Bertz CT molecular complexity index is 777. The molecule has 2 N–H and O–H groups in total. The van der Waals surface area contributed by atoms with Crippen LogP contribution in [0.25, 0.3) is 0 Å². The molecule has 0 aliphatic carbocycles. The van der Waals surface area contributed by atoms with Crippen molar-refractivity contribution in [3.8, 4) is 11.5 Å². The van der Waals surface area contributed by atoms with Crippen molar-refractivity contribution in [1.82, 2.24) is 10.6 Å². The van der Waals surface area contributed by atoms with E-state index in [0.717, 1.165) is 30.0 Å². The van der Waals surface area contributed by atoms with Crippen molar-refractivity contribution in [3.05, 3.63) is 58.9 Å². The summed E-state index contributed by atoms with van der Waals surface area (Å²) in [5, 5.41) is 6.51. The van der Waals surface area contributed by atoms with Gasteiger partial charge >= 0.3 is 0 Å². The maximum Gasteiger partial charge on any atom is 0.231 e. The molecule has 2 aromatic carbocycles. The number of aryl methyl sites for hydroxylation is 1. The number of benzene rings is 2. The van der Waals surface area contributed by atoms with Gasteiger partial charge in [0, 0.05) is 20.1 Å². The third-order valence-corrected chi connectivity index (χ3v) is 4.05. The molecule has 0 aromatic heterocycles. The first kappa shape index (κ1) is 17.1. The third kappa shape index (κ3) is 4.41. The van der Waals surface area contributed by atoms with Gasteiger partial charge in [-0.25, -0.2) is 4.39 Å². The first-order valence-electron chi connectivity index (χ1n) is 8.24. The maximum atomic E-state index is 13.3. The lowest BCUT2D eigenvalue weighted by molar-refractivity contribution is 0.174. The highest BCUT2D eigenvalue weighted by molar-refractivity contribution is 5.79. The van der Waals surface area contributed by atoms with Crippen LogP contribution in [0.3, 0.4) is 0 Å². The minimum atomic E-state index is -0.185. The molecule has 0 saturated heterocycles. The van der Waals surface area contributed by atoms with E-state index in [-0.39, 0.29) is 12.6 Å². The van der Waals surface area contributed by atoms with Gasteiger partial charge in [-0.15, -0.1) is 0 Å². The van der Waals surface area contributed by atoms with Crippen molar-refractivity contribution >= 4 is 5.96 Å². The van der Waals surface area contributed by atoms with E-state index < -0.39 is 0 Å². The second-order valence-electron chi connectivity index (χ2n) is 5.87. The Hall–Kier alpha value is -2.76. The molecule has 0 saturated carbocycles. The molecule has 0 atom stereocenters. The van der Waals surface area contributed by atoms with Crippen molar-refractivity contribution in [2.24, 2.45) is 4.99 Å². The molecule has 0 spiro atoms. The van der Waals surface area contributed by atoms with Gasteiger partial charge < -0.3 is 20.1 Å². The Morgan fingerprint density at radius 1 is 1.08 bits per heavy atom. The van der Waals surface area contributed by atoms with Gasteiger partial charge in [-0.05, 0) is 48.2 Å². The molecule has 0 amide bonds. The Morgan fingerprint density at radius 2 is 1.88 bits per heavy atom. The van der Waals surface area contributed by atoms with Crippen LogP contribution in [-0.2, 0) is 13.0 Å². The van der Waals surface area contributed by atoms with E-state index in [9.17, 15) is 4.39 Å². The van der Waals surface area contributed by atoms with Gasteiger partial charge in [0.25, 0.3) is 0 Å². The Kier molecular flexibility index (Phi) is 5.38. The quantitative estimate of drug-likeness (QED) is 0.647. The second kappa shape index (κ2) is 7.88. The number of aliphatic imine (C=N–C) groups is 1. The molecule has 0 fully saturated rings. The number of guanidine groups is 1. The average molecular weight is 343 g/mol. The SMILES string of the molecule is CN=C(NCCc1ccc2c(c1)OCO2)NCc1ccc(F)c(C)c1. The number of fused-ring (bicyclic) bond motifs is 1. The van der Waals surface area contributed by atoms with Gasteiger partial charge in [0.1, 0.15) is 5.82 Å². The lowest BCUT2D eigenvalue weighted by atomic mass is 10.1. The summed E-state index contributed by atoms with van der Waals surface area (Å²) in [6.07, 6.45) is 0.840. The highest BCUT2D eigenvalue weighted by Gasteiger charge is 2.12. The van der Waals surface area contributed by atoms with Crippen LogP contribution in [0.2, 0.25) is 0 Å². The molecule has 5 nitrogen and oxygen atoms in total. The molecule has 1 aliphatic rings. The van der Waals surface area contributed by atoms with E-state index in [1.165, 1.54) is 11.6 Å². The van der Waals surface area contributed by atoms with Crippen molar-refractivity contribution in [2.75, 3.05) is 20.4 Å². The van der Waals surface area contributed by atoms with Gasteiger partial charge in [-0.3, -0.25) is 4.99 Å². The van der Waals surface area contributed by atoms with E-state index in [1.54, 1.807) is 20.0 Å². The molecular weight excluding hydrogens is 321 g/mol. The van der Waals surface area contributed by atoms with Gasteiger partial charge in [0.2, 0.25) is 6.79 Å². The molecule has 1 heterocycles. The minimum Gasteiger partial charge on any atom is -0.454 e. The largest absolute Gasteiger partial charge is 0.454 e. The number of rotatable bonds is 5. The van der Waals surface area contributed by atoms with Crippen molar-refractivity contribution in [3.63, 3.8) is 0 Å². The Morgan fingerprint density at radius 3 is 2.68 bits per heavy atom. The van der Waals surface area contributed by atoms with Crippen LogP contribution < -0.4 is 20.1 Å². The third-order valence-electron chi connectivity index (χ3n) is 4.05. The number of hydrogen-bond acceptors (Lipinski definition) is 3. The second-order valence-corrected chi connectivity index (χ2v) is 5.87. The standard InChI is InChI=1S/C19H22FN3O2/c1-13-9-15(3-5-16(13)20)11-23-19(21-2)22-8-7-14-4-6-17-18(10-14)25-12-24-17/h3-6,9-10H,7-8,11-12H2,1-2H3,(H2,21,22,23). The summed E-state index contributed by atoms with van der Waals surface area (Å²) in [4.78, 5) is 4.21. The van der Waals surface area contributed by atoms with E-state index in [1.807, 2.05) is 24.3 Å². The average Bonchev–Trinajstić information content (AvgIpc) is 3.08. The van der Waals surface area contributed by atoms with Crippen LogP contribution in [0.1, 0.15) is 16.7 Å². The van der Waals surface area contributed by atoms with Gasteiger partial charge in [0.05, 0.1) is 0 Å². The number of ether oxygens (including phenoxy) is 2. The van der Waals surface area contributed by atoms with E-state index in [4.69, 9.17) is 9.47 Å². The lowest BCUT2D eigenvalue weighted by Crippen LogP contribution is -2.37. The van der Waals surface area contributed by atoms with Crippen LogP contribution in [0.5, 0.6) is 11.5 Å². The molecule has 0 radical (unpaired) electrons. The van der Waals surface area contributed by atoms with Crippen LogP contribution in [-0.4, -0.2) is 26.3 Å². The Labute approximate surface area is 146 Å². The first-order chi connectivity index (χ1) is 12.2. The first-order valence-corrected chi connectivity index (χ1v) is 8.24. The van der Waals surface area contributed by atoms with Crippen molar-refractivity contribution in [2.45, 2.75) is 19.9 Å². The zero-order valence-electron chi connectivity index (χ0n) is 14.4. The predicted molar refractivity (Wildman–Crippen MR) is 95.6 cm³/mol. The molecule has 6 heteroatoms. The molecule has 0 bridgehead atoms. The number of hydrogen-bond donors (Lipinski definition) is 2. The summed E-state index contributed by atoms with van der Waals surface area (Å²) in [6.45, 7) is 3.38. The van der Waals surface area contributed by atoms with Gasteiger partial charge in [-0.1, -0.05) is 18.2 Å². The summed E-state index contributed by atoms with van der Waals surface area (Å²) < 4.78 is 24.0. The van der Waals surface area contributed by atoms with E-state index in [0.29, 0.717) is 18.1 Å². The monoisotopic (exact) mass is 343 g/mol. The Balaban J connectivity index is 1.47. The van der Waals surface area contributed by atoms with Crippen LogP contribution in [0.4, 0.5) is 4.39 Å². The van der Waals surface area contributed by atoms with Crippen LogP contribution in [0.15, 0.2) is 41.4 Å². The fourth-order valence-electron chi connectivity index (χ4n) is 2.64. The summed E-state index contributed by atoms with van der Waals surface area (Å²) in [6, 6.07) is 11.1. The molecule has 132 valence electrons. The summed E-state index contributed by atoms with van der Waals surface area (Å²) in [5.74, 6) is 2.12. The minimum absolute atomic E-state index is 0.185. The van der Waals surface area contributed by atoms with Crippen LogP contribution >= 0.6 is 0 Å². The van der Waals surface area contributed by atoms with Gasteiger partial charge in [-0.2, -0.15) is 0 Å². The van der Waals surface area contributed by atoms with Crippen LogP contribution in [0, 0.1) is 12.7 Å². The maximum absolute atomic E-state index is 13.3. The smallest absolute Gasteiger partial charge is 0.231 e. The lowest BCUT2D eigenvalue weighted by Gasteiger charge is -2.12.